The molecule has 24 heavy (non-hydrogen) atoms. The third-order valence-electron chi connectivity index (χ3n) is 3.78. The molecule has 0 saturated carbocycles. The van der Waals surface area contributed by atoms with Gasteiger partial charge in [0.1, 0.15) is 5.82 Å². The standard InChI is InChI=1S/C18H27FN2O2S/c1-14(2)12-21-8-9-23-16(13-21)11-20-18(22)7-10-24-17-5-3-15(19)4-6-17/h3-6,14,16H,7-13H2,1-2H3,(H,20,22). The monoisotopic (exact) mass is 354 g/mol. The lowest BCUT2D eigenvalue weighted by atomic mass is 10.2. The van der Waals surface area contributed by atoms with Crippen LogP contribution in [0.3, 0.4) is 0 Å². The van der Waals surface area contributed by atoms with Gasteiger partial charge in [-0.1, -0.05) is 13.8 Å². The molecule has 1 amide bonds. The Labute approximate surface area is 148 Å². The Morgan fingerprint density at radius 1 is 1.42 bits per heavy atom. The van der Waals surface area contributed by atoms with E-state index in [1.165, 1.54) is 12.1 Å². The number of hydrogen-bond donors (Lipinski definition) is 1. The zero-order chi connectivity index (χ0) is 17.4. The minimum Gasteiger partial charge on any atom is -0.374 e. The van der Waals surface area contributed by atoms with Crippen molar-refractivity contribution in [1.29, 1.82) is 0 Å². The molecule has 1 N–H and O–H groups in total. The number of benzene rings is 1. The lowest BCUT2D eigenvalue weighted by molar-refractivity contribution is -0.121. The highest BCUT2D eigenvalue weighted by Crippen LogP contribution is 2.18. The van der Waals surface area contributed by atoms with Gasteiger partial charge < -0.3 is 10.1 Å². The van der Waals surface area contributed by atoms with Crippen LogP contribution in [0.15, 0.2) is 29.2 Å². The number of thioether (sulfide) groups is 1. The second-order valence-electron chi connectivity index (χ2n) is 6.50. The minimum absolute atomic E-state index is 0.0363. The average Bonchev–Trinajstić information content (AvgIpc) is 2.54. The molecule has 6 heteroatoms. The number of halogens is 1. The summed E-state index contributed by atoms with van der Waals surface area (Å²) in [5, 5.41) is 2.96. The Bertz CT molecular complexity index is 510. The molecule has 0 radical (unpaired) electrons. The third-order valence-corrected chi connectivity index (χ3v) is 4.80. The summed E-state index contributed by atoms with van der Waals surface area (Å²) in [7, 11) is 0. The summed E-state index contributed by atoms with van der Waals surface area (Å²) in [6, 6.07) is 6.34. The zero-order valence-corrected chi connectivity index (χ0v) is 15.3. The second kappa shape index (κ2) is 10.0. The number of amides is 1. The number of nitrogens with zero attached hydrogens (tertiary/aromatic N) is 1. The van der Waals surface area contributed by atoms with Crippen molar-refractivity contribution in [1.82, 2.24) is 10.2 Å². The number of carbonyl (C=O) groups is 1. The topological polar surface area (TPSA) is 41.6 Å². The Balaban J connectivity index is 1.61. The van der Waals surface area contributed by atoms with Crippen LogP contribution in [0.5, 0.6) is 0 Å². The minimum atomic E-state index is -0.240. The van der Waals surface area contributed by atoms with Crippen molar-refractivity contribution < 1.29 is 13.9 Å². The molecular formula is C18H27FN2O2S. The molecule has 1 fully saturated rings. The molecule has 1 atom stereocenters. The van der Waals surface area contributed by atoms with E-state index in [9.17, 15) is 9.18 Å². The SMILES string of the molecule is CC(C)CN1CCOC(CNC(=O)CCSc2ccc(F)cc2)C1. The summed E-state index contributed by atoms with van der Waals surface area (Å²) in [6.07, 6.45) is 0.524. The lowest BCUT2D eigenvalue weighted by Gasteiger charge is -2.33. The van der Waals surface area contributed by atoms with E-state index in [4.69, 9.17) is 4.74 Å². The first-order valence-corrected chi connectivity index (χ1v) is 9.50. The largest absolute Gasteiger partial charge is 0.374 e. The normalized spacial score (nSPS) is 18.8. The predicted octanol–water partition coefficient (Wildman–Crippen LogP) is 2.78. The summed E-state index contributed by atoms with van der Waals surface area (Å²) in [5.41, 5.74) is 0. The molecule has 4 nitrogen and oxygen atoms in total. The second-order valence-corrected chi connectivity index (χ2v) is 7.67. The molecule has 0 spiro atoms. The van der Waals surface area contributed by atoms with E-state index in [0.29, 0.717) is 24.6 Å². The number of rotatable bonds is 8. The van der Waals surface area contributed by atoms with Crippen LogP contribution in [0.2, 0.25) is 0 Å². The van der Waals surface area contributed by atoms with E-state index < -0.39 is 0 Å². The molecule has 2 rings (SSSR count). The van der Waals surface area contributed by atoms with Crippen LogP contribution >= 0.6 is 11.8 Å². The van der Waals surface area contributed by atoms with Gasteiger partial charge in [-0.3, -0.25) is 9.69 Å². The highest BCUT2D eigenvalue weighted by molar-refractivity contribution is 7.99. The molecule has 0 aliphatic carbocycles. The van der Waals surface area contributed by atoms with Crippen LogP contribution in [0.1, 0.15) is 20.3 Å². The molecule has 1 aliphatic rings. The van der Waals surface area contributed by atoms with E-state index in [1.807, 2.05) is 0 Å². The molecule has 1 aliphatic heterocycles. The summed E-state index contributed by atoms with van der Waals surface area (Å²) in [5.74, 6) is 1.12. The van der Waals surface area contributed by atoms with Crippen LogP contribution < -0.4 is 5.32 Å². The van der Waals surface area contributed by atoms with Gasteiger partial charge in [-0.05, 0) is 30.2 Å². The zero-order valence-electron chi connectivity index (χ0n) is 14.5. The molecule has 1 heterocycles. The van der Waals surface area contributed by atoms with Gasteiger partial charge in [0.25, 0.3) is 0 Å². The molecule has 1 unspecified atom stereocenters. The number of nitrogens with one attached hydrogen (secondary N) is 1. The fourth-order valence-corrected chi connectivity index (χ4v) is 3.55. The van der Waals surface area contributed by atoms with Crippen molar-refractivity contribution in [3.63, 3.8) is 0 Å². The van der Waals surface area contributed by atoms with Gasteiger partial charge in [-0.2, -0.15) is 0 Å². The number of carbonyl (C=O) groups excluding carboxylic acids is 1. The van der Waals surface area contributed by atoms with Gasteiger partial charge in [-0.25, -0.2) is 4.39 Å². The summed E-state index contributed by atoms with van der Waals surface area (Å²) >= 11 is 1.56. The van der Waals surface area contributed by atoms with Crippen LogP contribution in [0, 0.1) is 11.7 Å². The molecule has 1 saturated heterocycles. The Hall–Kier alpha value is -1.11. The first-order chi connectivity index (χ1) is 11.5. The van der Waals surface area contributed by atoms with Crippen molar-refractivity contribution in [3.05, 3.63) is 30.1 Å². The van der Waals surface area contributed by atoms with Gasteiger partial charge in [0, 0.05) is 43.2 Å². The molecule has 0 aromatic heterocycles. The average molecular weight is 354 g/mol. The van der Waals surface area contributed by atoms with E-state index in [-0.39, 0.29) is 17.8 Å². The first kappa shape index (κ1) is 19.2. The molecule has 134 valence electrons. The first-order valence-electron chi connectivity index (χ1n) is 8.52. The van der Waals surface area contributed by atoms with Crippen molar-refractivity contribution in [2.45, 2.75) is 31.3 Å². The van der Waals surface area contributed by atoms with Crippen LogP contribution in [-0.2, 0) is 9.53 Å². The Kier molecular flexibility index (Phi) is 8.02. The maximum absolute atomic E-state index is 12.8. The lowest BCUT2D eigenvalue weighted by Crippen LogP contribution is -2.48. The van der Waals surface area contributed by atoms with E-state index >= 15 is 0 Å². The number of morpholine rings is 1. The smallest absolute Gasteiger partial charge is 0.220 e. The predicted molar refractivity (Wildman–Crippen MR) is 95.8 cm³/mol. The maximum Gasteiger partial charge on any atom is 0.220 e. The van der Waals surface area contributed by atoms with Gasteiger partial charge in [0.05, 0.1) is 12.7 Å². The van der Waals surface area contributed by atoms with Crippen molar-refractivity contribution in [3.8, 4) is 0 Å². The van der Waals surface area contributed by atoms with E-state index in [1.54, 1.807) is 23.9 Å². The molecule has 1 aromatic carbocycles. The van der Waals surface area contributed by atoms with Crippen LogP contribution in [0.4, 0.5) is 4.39 Å². The molecular weight excluding hydrogens is 327 g/mol. The Morgan fingerprint density at radius 3 is 2.88 bits per heavy atom. The van der Waals surface area contributed by atoms with Crippen LogP contribution in [0.25, 0.3) is 0 Å². The maximum atomic E-state index is 12.8. The van der Waals surface area contributed by atoms with Crippen molar-refractivity contribution in [2.24, 2.45) is 5.92 Å². The number of hydrogen-bond acceptors (Lipinski definition) is 4. The van der Waals surface area contributed by atoms with Crippen molar-refractivity contribution in [2.75, 3.05) is 38.5 Å². The van der Waals surface area contributed by atoms with E-state index in [2.05, 4.69) is 24.1 Å². The molecule has 1 aromatic rings. The van der Waals surface area contributed by atoms with E-state index in [0.717, 1.165) is 31.1 Å². The number of ether oxygens (including phenoxy) is 1. The fraction of sp³-hybridized carbons (Fsp3) is 0.611. The summed E-state index contributed by atoms with van der Waals surface area (Å²) < 4.78 is 18.6. The van der Waals surface area contributed by atoms with Gasteiger partial charge in [0.15, 0.2) is 0 Å². The summed E-state index contributed by atoms with van der Waals surface area (Å²) in [4.78, 5) is 15.3. The van der Waals surface area contributed by atoms with Gasteiger partial charge in [-0.15, -0.1) is 11.8 Å². The molecule has 0 bridgehead atoms. The van der Waals surface area contributed by atoms with Crippen LogP contribution in [-0.4, -0.2) is 55.4 Å². The van der Waals surface area contributed by atoms with Gasteiger partial charge in [0.2, 0.25) is 5.91 Å². The highest BCUT2D eigenvalue weighted by atomic mass is 32.2. The summed E-state index contributed by atoms with van der Waals surface area (Å²) in [6.45, 7) is 8.64. The highest BCUT2D eigenvalue weighted by Gasteiger charge is 2.21. The Morgan fingerprint density at radius 2 is 2.17 bits per heavy atom. The fourth-order valence-electron chi connectivity index (χ4n) is 2.69. The van der Waals surface area contributed by atoms with Crippen molar-refractivity contribution >= 4 is 17.7 Å². The third kappa shape index (κ3) is 7.20. The quantitative estimate of drug-likeness (QED) is 0.729. The van der Waals surface area contributed by atoms with Gasteiger partial charge >= 0.3 is 0 Å².